The first-order valence-electron chi connectivity index (χ1n) is 13.8. The van der Waals surface area contributed by atoms with Crippen LogP contribution in [0.2, 0.25) is 0 Å². The lowest BCUT2D eigenvalue weighted by Crippen LogP contribution is -2.41. The summed E-state index contributed by atoms with van der Waals surface area (Å²) in [7, 11) is 0. The highest BCUT2D eigenvalue weighted by molar-refractivity contribution is 5.98. The van der Waals surface area contributed by atoms with E-state index in [1.54, 1.807) is 0 Å². The maximum absolute atomic E-state index is 13.7. The maximum Gasteiger partial charge on any atom is 0.334 e. The van der Waals surface area contributed by atoms with Gasteiger partial charge in [0.05, 0.1) is 13.2 Å². The Morgan fingerprint density at radius 3 is 1.48 bits per heavy atom. The first-order valence-corrected chi connectivity index (χ1v) is 13.8. The molecule has 0 aromatic heterocycles. The van der Waals surface area contributed by atoms with Gasteiger partial charge in [-0.15, -0.1) is 0 Å². The number of ether oxygens (including phenoxy) is 2. The molecule has 196 valence electrons. The molecule has 0 fully saturated rings. The van der Waals surface area contributed by atoms with Gasteiger partial charge >= 0.3 is 11.9 Å². The first-order chi connectivity index (χ1) is 16.0. The van der Waals surface area contributed by atoms with E-state index in [2.05, 4.69) is 13.8 Å². The molecule has 0 aliphatic rings. The summed E-state index contributed by atoms with van der Waals surface area (Å²) < 4.78 is 23.7. The van der Waals surface area contributed by atoms with Gasteiger partial charge in [-0.2, -0.15) is 0 Å². The van der Waals surface area contributed by atoms with Crippen molar-refractivity contribution >= 4 is 11.9 Å². The molecule has 0 bridgehead atoms. The topological polar surface area (TPSA) is 78.6 Å². The highest BCUT2D eigenvalue weighted by Crippen LogP contribution is 2.13. The summed E-state index contributed by atoms with van der Waals surface area (Å²) in [5.41, 5.74) is 5.59. The first kappa shape index (κ1) is 31.8. The minimum atomic E-state index is -1.45. The Bertz CT molecular complexity index is 461. The lowest BCUT2D eigenvalue weighted by atomic mass is 10.0. The number of hydrogen-bond acceptors (Lipinski definition) is 5. The highest BCUT2D eigenvalue weighted by atomic mass is 19.1. The van der Waals surface area contributed by atoms with E-state index in [-0.39, 0.29) is 19.6 Å². The lowest BCUT2D eigenvalue weighted by molar-refractivity contribution is -0.157. The van der Waals surface area contributed by atoms with Crippen LogP contribution in [0.4, 0.5) is 4.39 Å². The zero-order chi connectivity index (χ0) is 24.6. The number of alkyl halides is 1. The Morgan fingerprint density at radius 1 is 0.606 bits per heavy atom. The van der Waals surface area contributed by atoms with E-state index in [4.69, 9.17) is 15.2 Å². The van der Waals surface area contributed by atoms with Gasteiger partial charge < -0.3 is 15.2 Å². The lowest BCUT2D eigenvalue weighted by Gasteiger charge is -2.12. The standard InChI is InChI=1S/C27H52FNO4/c1-3-5-7-8-9-10-11-12-13-14-15-16-17-19-22-32-26(30)25(29)27(31)33-23-21-24(28)20-18-6-4-2/h24-25H,3-23,29H2,1-2H3. The molecule has 0 aliphatic carbocycles. The third-order valence-electron chi connectivity index (χ3n) is 6.05. The number of rotatable bonds is 24. The summed E-state index contributed by atoms with van der Waals surface area (Å²) in [4.78, 5) is 23.7. The average Bonchev–Trinajstić information content (AvgIpc) is 2.81. The quantitative estimate of drug-likeness (QED) is 0.0911. The molecule has 0 spiro atoms. The van der Waals surface area contributed by atoms with Gasteiger partial charge in [-0.1, -0.05) is 117 Å². The van der Waals surface area contributed by atoms with E-state index >= 15 is 0 Å². The van der Waals surface area contributed by atoms with E-state index in [9.17, 15) is 14.0 Å². The van der Waals surface area contributed by atoms with Crippen LogP contribution in [0.15, 0.2) is 0 Å². The fourth-order valence-corrected chi connectivity index (χ4v) is 3.79. The van der Waals surface area contributed by atoms with Gasteiger partial charge in [0.15, 0.2) is 0 Å². The van der Waals surface area contributed by atoms with Gasteiger partial charge in [0.1, 0.15) is 6.17 Å². The number of nitrogens with two attached hydrogens (primary N) is 1. The fourth-order valence-electron chi connectivity index (χ4n) is 3.79. The molecular weight excluding hydrogens is 421 g/mol. The molecule has 2 N–H and O–H groups in total. The van der Waals surface area contributed by atoms with Crippen molar-refractivity contribution in [1.82, 2.24) is 0 Å². The number of carbonyl (C=O) groups is 2. The third-order valence-corrected chi connectivity index (χ3v) is 6.05. The van der Waals surface area contributed by atoms with Gasteiger partial charge in [-0.3, -0.25) is 0 Å². The van der Waals surface area contributed by atoms with Crippen LogP contribution >= 0.6 is 0 Å². The van der Waals surface area contributed by atoms with E-state index in [0.29, 0.717) is 6.42 Å². The molecule has 0 rings (SSSR count). The second kappa shape index (κ2) is 24.0. The molecule has 6 heteroatoms. The van der Waals surface area contributed by atoms with Crippen LogP contribution in [0, 0.1) is 0 Å². The van der Waals surface area contributed by atoms with Crippen molar-refractivity contribution in [2.45, 2.75) is 148 Å². The summed E-state index contributed by atoms with van der Waals surface area (Å²) in [6.45, 7) is 4.52. The Labute approximate surface area is 202 Å². The Morgan fingerprint density at radius 2 is 1.00 bits per heavy atom. The molecule has 0 radical (unpaired) electrons. The van der Waals surface area contributed by atoms with Gasteiger partial charge in [-0.25, -0.2) is 14.0 Å². The Kier molecular flexibility index (Phi) is 23.1. The molecule has 0 amide bonds. The number of hydrogen-bond donors (Lipinski definition) is 1. The molecular formula is C27H52FNO4. The van der Waals surface area contributed by atoms with Crippen molar-refractivity contribution in [2.24, 2.45) is 5.73 Å². The molecule has 0 aliphatic heterocycles. The largest absolute Gasteiger partial charge is 0.464 e. The summed E-state index contributed by atoms with van der Waals surface area (Å²) in [5.74, 6) is -1.61. The van der Waals surface area contributed by atoms with Crippen molar-refractivity contribution in [1.29, 1.82) is 0 Å². The predicted octanol–water partition coefficient (Wildman–Crippen LogP) is 7.19. The number of esters is 2. The summed E-state index contributed by atoms with van der Waals surface area (Å²) >= 11 is 0. The third kappa shape index (κ3) is 21.1. The number of carbonyl (C=O) groups excluding carboxylic acids is 2. The molecule has 0 aromatic rings. The van der Waals surface area contributed by atoms with Crippen LogP contribution in [0.5, 0.6) is 0 Å². The molecule has 0 saturated carbocycles. The molecule has 2 atom stereocenters. The van der Waals surface area contributed by atoms with Crippen LogP contribution in [-0.4, -0.2) is 37.4 Å². The van der Waals surface area contributed by atoms with Crippen LogP contribution in [0.1, 0.15) is 136 Å². The molecule has 0 aromatic carbocycles. The SMILES string of the molecule is CCCCCCCCCCCCCCCCOC(=O)C(N)C(=O)OCCC(F)CCCCC. The van der Waals surface area contributed by atoms with Gasteiger partial charge in [0.2, 0.25) is 6.04 Å². The molecule has 33 heavy (non-hydrogen) atoms. The van der Waals surface area contributed by atoms with Crippen LogP contribution in [0.3, 0.4) is 0 Å². The van der Waals surface area contributed by atoms with E-state index in [1.807, 2.05) is 0 Å². The second-order valence-corrected chi connectivity index (χ2v) is 9.29. The fraction of sp³-hybridized carbons (Fsp3) is 0.926. The van der Waals surface area contributed by atoms with Crippen LogP contribution in [-0.2, 0) is 19.1 Å². The number of unbranched alkanes of at least 4 members (excludes halogenated alkanes) is 15. The van der Waals surface area contributed by atoms with Crippen molar-refractivity contribution in [3.05, 3.63) is 0 Å². The minimum absolute atomic E-state index is 0.0634. The zero-order valence-corrected chi connectivity index (χ0v) is 21.6. The predicted molar refractivity (Wildman–Crippen MR) is 134 cm³/mol. The van der Waals surface area contributed by atoms with Gasteiger partial charge in [-0.05, 0) is 12.8 Å². The zero-order valence-electron chi connectivity index (χ0n) is 21.6. The van der Waals surface area contributed by atoms with Crippen molar-refractivity contribution in [2.75, 3.05) is 13.2 Å². The van der Waals surface area contributed by atoms with E-state index in [0.717, 1.165) is 38.5 Å². The van der Waals surface area contributed by atoms with Gasteiger partial charge in [0.25, 0.3) is 0 Å². The molecule has 5 nitrogen and oxygen atoms in total. The summed E-state index contributed by atoms with van der Waals surface area (Å²) in [5, 5.41) is 0. The molecule has 2 unspecified atom stereocenters. The molecule has 0 saturated heterocycles. The maximum atomic E-state index is 13.7. The van der Waals surface area contributed by atoms with Gasteiger partial charge in [0, 0.05) is 6.42 Å². The Balaban J connectivity index is 3.51. The van der Waals surface area contributed by atoms with Crippen LogP contribution < -0.4 is 5.73 Å². The Hall–Kier alpha value is -1.17. The van der Waals surface area contributed by atoms with E-state index in [1.165, 1.54) is 70.6 Å². The molecule has 0 heterocycles. The van der Waals surface area contributed by atoms with Crippen molar-refractivity contribution in [3.8, 4) is 0 Å². The van der Waals surface area contributed by atoms with E-state index < -0.39 is 24.2 Å². The smallest absolute Gasteiger partial charge is 0.334 e. The monoisotopic (exact) mass is 473 g/mol. The number of halogens is 1. The van der Waals surface area contributed by atoms with Crippen molar-refractivity contribution < 1.29 is 23.5 Å². The summed E-state index contributed by atoms with van der Waals surface area (Å²) in [6, 6.07) is -1.45. The van der Waals surface area contributed by atoms with Crippen molar-refractivity contribution in [3.63, 3.8) is 0 Å². The second-order valence-electron chi connectivity index (χ2n) is 9.29. The summed E-state index contributed by atoms with van der Waals surface area (Å²) in [6.07, 6.45) is 20.1. The average molecular weight is 474 g/mol. The minimum Gasteiger partial charge on any atom is -0.464 e. The highest BCUT2D eigenvalue weighted by Gasteiger charge is 2.25. The normalized spacial score (nSPS) is 13.0. The van der Waals surface area contributed by atoms with Crippen LogP contribution in [0.25, 0.3) is 0 Å².